The Morgan fingerprint density at radius 3 is 2.61 bits per heavy atom. The number of aliphatic hydroxyl groups excluding tert-OH is 3. The highest BCUT2D eigenvalue weighted by molar-refractivity contribution is 5.57. The average molecular weight is 435 g/mol. The number of aryl methyl sites for hydroxylation is 1. The first-order valence-electron chi connectivity index (χ1n) is 11.4. The molecule has 0 bridgehead atoms. The number of rotatable bonds is 6. The molecule has 1 aliphatic carbocycles. The SMILES string of the molecule is CC(C)=CCC[C@H](C)[C@H]1CC[C@H](C)c2c1cc(C)c(O)c2O[C@@H]1OC[C@@H](O)[C@H](O)[C@H]1O. The average Bonchev–Trinajstić information content (AvgIpc) is 2.71. The molecule has 0 saturated carbocycles. The van der Waals surface area contributed by atoms with Crippen molar-refractivity contribution in [1.29, 1.82) is 0 Å². The Morgan fingerprint density at radius 1 is 1.23 bits per heavy atom. The Labute approximate surface area is 185 Å². The Morgan fingerprint density at radius 2 is 1.94 bits per heavy atom. The molecule has 7 atom stereocenters. The minimum Gasteiger partial charge on any atom is -0.504 e. The minimum absolute atomic E-state index is 0.0415. The molecule has 6 nitrogen and oxygen atoms in total. The number of hydrogen-bond acceptors (Lipinski definition) is 6. The van der Waals surface area contributed by atoms with E-state index in [1.807, 2.05) is 6.92 Å². The molecule has 0 amide bonds. The van der Waals surface area contributed by atoms with E-state index in [0.29, 0.717) is 17.6 Å². The highest BCUT2D eigenvalue weighted by atomic mass is 16.7. The first-order valence-corrected chi connectivity index (χ1v) is 11.4. The third kappa shape index (κ3) is 5.08. The first-order chi connectivity index (χ1) is 14.6. The lowest BCUT2D eigenvalue weighted by molar-refractivity contribution is -0.242. The zero-order valence-corrected chi connectivity index (χ0v) is 19.3. The van der Waals surface area contributed by atoms with Crippen LogP contribution in [0.15, 0.2) is 17.7 Å². The van der Waals surface area contributed by atoms with E-state index in [9.17, 15) is 20.4 Å². The van der Waals surface area contributed by atoms with Crippen molar-refractivity contribution in [3.8, 4) is 11.5 Å². The van der Waals surface area contributed by atoms with Gasteiger partial charge in [0.25, 0.3) is 0 Å². The maximum absolute atomic E-state index is 10.9. The van der Waals surface area contributed by atoms with Crippen LogP contribution in [0.3, 0.4) is 0 Å². The third-order valence-electron chi connectivity index (χ3n) is 6.87. The van der Waals surface area contributed by atoms with Crippen LogP contribution < -0.4 is 4.74 Å². The summed E-state index contributed by atoms with van der Waals surface area (Å²) in [5.74, 6) is 1.40. The minimum atomic E-state index is -1.41. The summed E-state index contributed by atoms with van der Waals surface area (Å²) in [6, 6.07) is 2.08. The largest absolute Gasteiger partial charge is 0.504 e. The van der Waals surface area contributed by atoms with E-state index < -0.39 is 24.6 Å². The summed E-state index contributed by atoms with van der Waals surface area (Å²) in [4.78, 5) is 0. The molecule has 0 unspecified atom stereocenters. The lowest BCUT2D eigenvalue weighted by atomic mass is 9.70. The molecule has 2 aliphatic rings. The van der Waals surface area contributed by atoms with Crippen LogP contribution in [0.4, 0.5) is 0 Å². The molecular formula is C25H38O6. The van der Waals surface area contributed by atoms with Crippen LogP contribution >= 0.6 is 0 Å². The topological polar surface area (TPSA) is 99.4 Å². The van der Waals surface area contributed by atoms with Gasteiger partial charge in [-0.15, -0.1) is 0 Å². The van der Waals surface area contributed by atoms with Gasteiger partial charge in [-0.05, 0) is 75.3 Å². The molecule has 174 valence electrons. The fourth-order valence-electron chi connectivity index (χ4n) is 4.91. The molecule has 0 radical (unpaired) electrons. The zero-order valence-electron chi connectivity index (χ0n) is 19.3. The maximum atomic E-state index is 10.9. The summed E-state index contributed by atoms with van der Waals surface area (Å²) in [6.45, 7) is 10.4. The smallest absolute Gasteiger partial charge is 0.229 e. The summed E-state index contributed by atoms with van der Waals surface area (Å²) < 4.78 is 11.5. The number of aliphatic hydroxyl groups is 3. The number of phenolic OH excluding ortho intramolecular Hbond substituents is 1. The van der Waals surface area contributed by atoms with Crippen molar-refractivity contribution in [3.63, 3.8) is 0 Å². The molecule has 1 aromatic rings. The van der Waals surface area contributed by atoms with Crippen LogP contribution in [0.2, 0.25) is 0 Å². The monoisotopic (exact) mass is 434 g/mol. The Balaban J connectivity index is 1.93. The van der Waals surface area contributed by atoms with Gasteiger partial charge in [-0.2, -0.15) is 0 Å². The second kappa shape index (κ2) is 9.90. The van der Waals surface area contributed by atoms with Crippen molar-refractivity contribution in [2.24, 2.45) is 5.92 Å². The molecule has 6 heteroatoms. The van der Waals surface area contributed by atoms with Crippen molar-refractivity contribution < 1.29 is 29.9 Å². The van der Waals surface area contributed by atoms with Gasteiger partial charge in [0.05, 0.1) is 6.61 Å². The van der Waals surface area contributed by atoms with Crippen molar-refractivity contribution in [3.05, 3.63) is 34.4 Å². The van der Waals surface area contributed by atoms with Crippen LogP contribution in [-0.4, -0.2) is 51.6 Å². The van der Waals surface area contributed by atoms with Crippen LogP contribution in [0.5, 0.6) is 11.5 Å². The zero-order chi connectivity index (χ0) is 22.9. The molecular weight excluding hydrogens is 396 g/mol. The number of aromatic hydroxyl groups is 1. The molecule has 31 heavy (non-hydrogen) atoms. The fraction of sp³-hybridized carbons (Fsp3) is 0.680. The van der Waals surface area contributed by atoms with Crippen LogP contribution in [0.25, 0.3) is 0 Å². The quantitative estimate of drug-likeness (QED) is 0.507. The second-order valence-electron chi connectivity index (χ2n) is 9.66. The summed E-state index contributed by atoms with van der Waals surface area (Å²) in [5.41, 5.74) is 4.21. The number of ether oxygens (including phenoxy) is 2. The van der Waals surface area contributed by atoms with E-state index in [-0.39, 0.29) is 18.3 Å². The summed E-state index contributed by atoms with van der Waals surface area (Å²) in [6.07, 6.45) is 1.40. The molecule has 1 aromatic carbocycles. The standard InChI is InChI=1S/C25H38O6/c1-13(2)7-6-8-14(3)17-10-9-15(4)20-18(17)11-16(5)21(27)24(20)31-25-23(29)22(28)19(26)12-30-25/h7,11,14-15,17,19,22-23,25-29H,6,8-10,12H2,1-5H3/t14-,15-,17+,19+,22-,23+,25-/m0/s1. The molecule has 0 spiro atoms. The molecule has 1 aliphatic heterocycles. The van der Waals surface area contributed by atoms with Crippen molar-refractivity contribution >= 4 is 0 Å². The van der Waals surface area contributed by atoms with Gasteiger partial charge >= 0.3 is 0 Å². The Bertz CT molecular complexity index is 800. The maximum Gasteiger partial charge on any atom is 0.229 e. The van der Waals surface area contributed by atoms with Gasteiger partial charge in [-0.1, -0.05) is 31.6 Å². The van der Waals surface area contributed by atoms with E-state index in [1.165, 1.54) is 11.1 Å². The van der Waals surface area contributed by atoms with Crippen LogP contribution in [-0.2, 0) is 4.74 Å². The van der Waals surface area contributed by atoms with E-state index in [1.54, 1.807) is 0 Å². The van der Waals surface area contributed by atoms with E-state index in [4.69, 9.17) is 9.47 Å². The number of fused-ring (bicyclic) bond motifs is 1. The molecule has 1 fully saturated rings. The summed E-state index contributed by atoms with van der Waals surface area (Å²) in [7, 11) is 0. The van der Waals surface area contributed by atoms with Gasteiger partial charge in [0.2, 0.25) is 6.29 Å². The van der Waals surface area contributed by atoms with Gasteiger partial charge in [-0.25, -0.2) is 0 Å². The molecule has 1 saturated heterocycles. The molecule has 3 rings (SSSR count). The highest BCUT2D eigenvalue weighted by Crippen LogP contribution is 2.51. The van der Waals surface area contributed by atoms with Gasteiger partial charge in [-0.3, -0.25) is 0 Å². The lowest BCUT2D eigenvalue weighted by Crippen LogP contribution is -2.54. The van der Waals surface area contributed by atoms with Crippen molar-refractivity contribution in [2.45, 2.75) is 96.7 Å². The van der Waals surface area contributed by atoms with E-state index in [2.05, 4.69) is 39.8 Å². The second-order valence-corrected chi connectivity index (χ2v) is 9.66. The molecule has 1 heterocycles. The van der Waals surface area contributed by atoms with Gasteiger partial charge in [0.15, 0.2) is 11.5 Å². The molecule has 4 N–H and O–H groups in total. The highest BCUT2D eigenvalue weighted by Gasteiger charge is 2.41. The normalized spacial score (nSPS) is 31.6. The number of hydrogen-bond donors (Lipinski definition) is 4. The summed E-state index contributed by atoms with van der Waals surface area (Å²) in [5, 5.41) is 40.9. The fourth-order valence-corrected chi connectivity index (χ4v) is 4.91. The number of phenols is 1. The first kappa shape index (κ1) is 24.1. The van der Waals surface area contributed by atoms with Crippen LogP contribution in [0.1, 0.15) is 81.9 Å². The van der Waals surface area contributed by atoms with E-state index in [0.717, 1.165) is 36.8 Å². The Kier molecular flexibility index (Phi) is 7.68. The van der Waals surface area contributed by atoms with Crippen LogP contribution in [0, 0.1) is 12.8 Å². The number of allylic oxidation sites excluding steroid dienone is 2. The van der Waals surface area contributed by atoms with E-state index >= 15 is 0 Å². The van der Waals surface area contributed by atoms with Gasteiger partial charge in [0, 0.05) is 5.56 Å². The van der Waals surface area contributed by atoms with Crippen molar-refractivity contribution in [1.82, 2.24) is 0 Å². The van der Waals surface area contributed by atoms with Gasteiger partial charge < -0.3 is 29.9 Å². The summed E-state index contributed by atoms with van der Waals surface area (Å²) >= 11 is 0. The predicted octanol–water partition coefficient (Wildman–Crippen LogP) is 3.88. The molecule has 0 aromatic heterocycles. The Hall–Kier alpha value is -1.60. The lowest BCUT2D eigenvalue weighted by Gasteiger charge is -2.38. The number of benzene rings is 1. The van der Waals surface area contributed by atoms with Crippen molar-refractivity contribution in [2.75, 3.05) is 6.61 Å². The third-order valence-corrected chi connectivity index (χ3v) is 6.87. The van der Waals surface area contributed by atoms with Gasteiger partial charge in [0.1, 0.15) is 18.3 Å². The predicted molar refractivity (Wildman–Crippen MR) is 119 cm³/mol.